The first-order valence-electron chi connectivity index (χ1n) is 5.37. The number of hydrogen-bond acceptors (Lipinski definition) is 2. The first kappa shape index (κ1) is 14.0. The average molecular weight is 344 g/mol. The third-order valence-electron chi connectivity index (χ3n) is 2.48. The lowest BCUT2D eigenvalue weighted by molar-refractivity contribution is 0.102. The van der Waals surface area contributed by atoms with E-state index in [1.807, 2.05) is 0 Å². The van der Waals surface area contributed by atoms with Crippen LogP contribution in [0, 0.1) is 12.7 Å². The number of nitrogens with one attached hydrogen (secondary N) is 1. The number of carbonyl (C=O) groups is 1. The molecule has 2 rings (SSSR count). The van der Waals surface area contributed by atoms with E-state index in [1.165, 1.54) is 12.1 Å². The van der Waals surface area contributed by atoms with E-state index in [0.717, 1.165) is 6.07 Å². The second-order valence-electron chi connectivity index (χ2n) is 3.85. The summed E-state index contributed by atoms with van der Waals surface area (Å²) in [5.41, 5.74) is 1.55. The second kappa shape index (κ2) is 5.67. The molecule has 0 unspecified atom stereocenters. The maximum atomic E-state index is 13.0. The summed E-state index contributed by atoms with van der Waals surface area (Å²) in [6, 6.07) is 7.27. The van der Waals surface area contributed by atoms with Crippen LogP contribution in [-0.2, 0) is 0 Å². The van der Waals surface area contributed by atoms with Gasteiger partial charge in [-0.1, -0.05) is 11.6 Å². The summed E-state index contributed by atoms with van der Waals surface area (Å²) in [6.07, 6.45) is 0. The Bertz CT molecular complexity index is 649. The van der Waals surface area contributed by atoms with Gasteiger partial charge in [0, 0.05) is 5.56 Å². The molecule has 1 heterocycles. The second-order valence-corrected chi connectivity index (χ2v) is 5.07. The summed E-state index contributed by atoms with van der Waals surface area (Å²) in [7, 11) is 0. The molecular formula is C13H9BrClFN2O. The maximum absolute atomic E-state index is 13.0. The first-order chi connectivity index (χ1) is 8.97. The van der Waals surface area contributed by atoms with Crippen LogP contribution in [0.2, 0.25) is 5.02 Å². The van der Waals surface area contributed by atoms with Crippen LogP contribution < -0.4 is 5.32 Å². The number of amides is 1. The molecule has 1 N–H and O–H groups in total. The smallest absolute Gasteiger partial charge is 0.255 e. The SMILES string of the molecule is Cc1nc(Br)ccc1NC(=O)c1ccc(F)c(Cl)c1. The van der Waals surface area contributed by atoms with E-state index in [-0.39, 0.29) is 16.5 Å². The summed E-state index contributed by atoms with van der Waals surface area (Å²) in [5.74, 6) is -0.922. The van der Waals surface area contributed by atoms with Gasteiger partial charge >= 0.3 is 0 Å². The number of aromatic nitrogens is 1. The molecule has 98 valence electrons. The van der Waals surface area contributed by atoms with Gasteiger partial charge < -0.3 is 5.32 Å². The van der Waals surface area contributed by atoms with Crippen molar-refractivity contribution in [3.8, 4) is 0 Å². The van der Waals surface area contributed by atoms with Crippen molar-refractivity contribution in [1.82, 2.24) is 4.98 Å². The fraction of sp³-hybridized carbons (Fsp3) is 0.0769. The van der Waals surface area contributed by atoms with Crippen LogP contribution in [0.3, 0.4) is 0 Å². The van der Waals surface area contributed by atoms with Crippen molar-refractivity contribution in [3.63, 3.8) is 0 Å². The Hall–Kier alpha value is -1.46. The number of hydrogen-bond donors (Lipinski definition) is 1. The maximum Gasteiger partial charge on any atom is 0.255 e. The van der Waals surface area contributed by atoms with Crippen LogP contribution >= 0.6 is 27.5 Å². The van der Waals surface area contributed by atoms with Gasteiger partial charge in [0.15, 0.2) is 0 Å². The Morgan fingerprint density at radius 2 is 2.11 bits per heavy atom. The predicted octanol–water partition coefficient (Wildman–Crippen LogP) is 4.20. The van der Waals surface area contributed by atoms with Crippen molar-refractivity contribution in [2.75, 3.05) is 5.32 Å². The molecule has 1 aromatic heterocycles. The first-order valence-corrected chi connectivity index (χ1v) is 6.54. The molecule has 0 radical (unpaired) electrons. The van der Waals surface area contributed by atoms with Crippen LogP contribution in [0.5, 0.6) is 0 Å². The highest BCUT2D eigenvalue weighted by molar-refractivity contribution is 9.10. The van der Waals surface area contributed by atoms with E-state index in [2.05, 4.69) is 26.2 Å². The van der Waals surface area contributed by atoms with Gasteiger partial charge in [-0.05, 0) is 53.2 Å². The molecule has 0 bridgehead atoms. The molecular weight excluding hydrogens is 335 g/mol. The highest BCUT2D eigenvalue weighted by Gasteiger charge is 2.10. The number of halogens is 3. The fourth-order valence-corrected chi connectivity index (χ4v) is 2.07. The largest absolute Gasteiger partial charge is 0.320 e. The Morgan fingerprint density at radius 1 is 1.37 bits per heavy atom. The standard InChI is InChI=1S/C13H9BrClFN2O/c1-7-11(4-5-12(14)17-7)18-13(19)8-2-3-10(16)9(15)6-8/h2-6H,1H3,(H,18,19). The summed E-state index contributed by atoms with van der Waals surface area (Å²) >= 11 is 8.88. The lowest BCUT2D eigenvalue weighted by atomic mass is 10.2. The molecule has 1 amide bonds. The molecule has 6 heteroatoms. The van der Waals surface area contributed by atoms with Gasteiger partial charge in [0.05, 0.1) is 16.4 Å². The normalized spacial score (nSPS) is 10.3. The molecule has 0 aliphatic heterocycles. The summed E-state index contributed by atoms with van der Waals surface area (Å²) in [5, 5.41) is 2.61. The molecule has 0 saturated carbocycles. The Labute approximate surface area is 122 Å². The Kier molecular flexibility index (Phi) is 4.17. The zero-order chi connectivity index (χ0) is 14.0. The van der Waals surface area contributed by atoms with Crippen molar-refractivity contribution in [2.45, 2.75) is 6.92 Å². The molecule has 0 aliphatic rings. The number of aryl methyl sites for hydroxylation is 1. The van der Waals surface area contributed by atoms with Gasteiger partial charge in [-0.3, -0.25) is 4.79 Å². The Balaban J connectivity index is 2.23. The highest BCUT2D eigenvalue weighted by atomic mass is 79.9. The lowest BCUT2D eigenvalue weighted by Gasteiger charge is -2.08. The molecule has 0 aliphatic carbocycles. The number of nitrogens with zero attached hydrogens (tertiary/aromatic N) is 1. The van der Waals surface area contributed by atoms with Crippen molar-refractivity contribution >= 4 is 39.1 Å². The van der Waals surface area contributed by atoms with Gasteiger partial charge in [-0.2, -0.15) is 0 Å². The number of anilines is 1. The molecule has 19 heavy (non-hydrogen) atoms. The van der Waals surface area contributed by atoms with Crippen molar-refractivity contribution < 1.29 is 9.18 Å². The molecule has 3 nitrogen and oxygen atoms in total. The minimum absolute atomic E-state index is 0.0849. The van der Waals surface area contributed by atoms with Crippen LogP contribution in [0.25, 0.3) is 0 Å². The molecule has 0 fully saturated rings. The van der Waals surface area contributed by atoms with E-state index in [1.54, 1.807) is 19.1 Å². The predicted molar refractivity (Wildman–Crippen MR) is 76.0 cm³/mol. The van der Waals surface area contributed by atoms with Crippen molar-refractivity contribution in [3.05, 3.63) is 57.0 Å². The van der Waals surface area contributed by atoms with Crippen LogP contribution in [0.4, 0.5) is 10.1 Å². The lowest BCUT2D eigenvalue weighted by Crippen LogP contribution is -2.13. The molecule has 1 aromatic carbocycles. The van der Waals surface area contributed by atoms with Gasteiger partial charge in [0.25, 0.3) is 5.91 Å². The molecule has 0 saturated heterocycles. The average Bonchev–Trinajstić information content (AvgIpc) is 2.36. The number of carbonyl (C=O) groups excluding carboxylic acids is 1. The van der Waals surface area contributed by atoms with Gasteiger partial charge in [-0.25, -0.2) is 9.37 Å². The highest BCUT2D eigenvalue weighted by Crippen LogP contribution is 2.19. The minimum Gasteiger partial charge on any atom is -0.320 e. The molecule has 0 spiro atoms. The van der Waals surface area contributed by atoms with Gasteiger partial charge in [0.2, 0.25) is 0 Å². The quantitative estimate of drug-likeness (QED) is 0.831. The number of rotatable bonds is 2. The summed E-state index contributed by atoms with van der Waals surface area (Å²) in [6.45, 7) is 1.78. The van der Waals surface area contributed by atoms with E-state index in [0.29, 0.717) is 16.0 Å². The molecule has 0 atom stereocenters. The van der Waals surface area contributed by atoms with E-state index < -0.39 is 5.82 Å². The van der Waals surface area contributed by atoms with Gasteiger partial charge in [-0.15, -0.1) is 0 Å². The third-order valence-corrected chi connectivity index (χ3v) is 3.21. The monoisotopic (exact) mass is 342 g/mol. The van der Waals surface area contributed by atoms with E-state index >= 15 is 0 Å². The molecule has 2 aromatic rings. The van der Waals surface area contributed by atoms with Crippen LogP contribution in [0.15, 0.2) is 34.9 Å². The van der Waals surface area contributed by atoms with E-state index in [9.17, 15) is 9.18 Å². The van der Waals surface area contributed by atoms with Gasteiger partial charge in [0.1, 0.15) is 10.4 Å². The summed E-state index contributed by atoms with van der Waals surface area (Å²) in [4.78, 5) is 16.2. The third kappa shape index (κ3) is 3.30. The number of pyridine rings is 1. The van der Waals surface area contributed by atoms with E-state index in [4.69, 9.17) is 11.6 Å². The van der Waals surface area contributed by atoms with Crippen LogP contribution in [0.1, 0.15) is 16.1 Å². The van der Waals surface area contributed by atoms with Crippen molar-refractivity contribution in [2.24, 2.45) is 0 Å². The zero-order valence-electron chi connectivity index (χ0n) is 9.88. The van der Waals surface area contributed by atoms with Crippen LogP contribution in [-0.4, -0.2) is 10.9 Å². The fourth-order valence-electron chi connectivity index (χ4n) is 1.49. The minimum atomic E-state index is -0.556. The zero-order valence-corrected chi connectivity index (χ0v) is 12.2. The topological polar surface area (TPSA) is 42.0 Å². The van der Waals surface area contributed by atoms with Crippen molar-refractivity contribution in [1.29, 1.82) is 0 Å². The Morgan fingerprint density at radius 3 is 2.74 bits per heavy atom. The number of benzene rings is 1. The summed E-state index contributed by atoms with van der Waals surface area (Å²) < 4.78 is 13.7.